The Balaban J connectivity index is 1.27. The first-order valence-electron chi connectivity index (χ1n) is 15.5. The van der Waals surface area contributed by atoms with E-state index in [1.165, 1.54) is 0 Å². The molecule has 3 N–H and O–H groups in total. The van der Waals surface area contributed by atoms with Crippen LogP contribution in [0.3, 0.4) is 0 Å². The van der Waals surface area contributed by atoms with E-state index in [4.69, 9.17) is 9.47 Å². The van der Waals surface area contributed by atoms with Gasteiger partial charge >= 0.3 is 5.97 Å². The van der Waals surface area contributed by atoms with Gasteiger partial charge in [-0.2, -0.15) is 0 Å². The number of aromatic carboxylic acids is 1. The van der Waals surface area contributed by atoms with E-state index in [1.807, 2.05) is 66.7 Å². The number of thioether (sulfide) groups is 1. The second-order valence-corrected chi connectivity index (χ2v) is 14.3. The van der Waals surface area contributed by atoms with Crippen LogP contribution in [0.2, 0.25) is 0 Å². The van der Waals surface area contributed by atoms with Crippen LogP contribution >= 0.6 is 11.8 Å². The van der Waals surface area contributed by atoms with Gasteiger partial charge in [-0.05, 0) is 58.7 Å². The molecule has 0 radical (unpaired) electrons. The van der Waals surface area contributed by atoms with E-state index in [2.05, 4.69) is 16.9 Å². The van der Waals surface area contributed by atoms with E-state index >= 15 is 0 Å². The third-order valence-corrected chi connectivity index (χ3v) is 10.8. The predicted molar refractivity (Wildman–Crippen MR) is 184 cm³/mol. The van der Waals surface area contributed by atoms with Gasteiger partial charge in [0.25, 0.3) is 0 Å². The highest BCUT2D eigenvalue weighted by molar-refractivity contribution is 7.99. The maximum Gasteiger partial charge on any atom is 0.335 e. The maximum atomic E-state index is 12.7. The number of aliphatic hydroxyl groups is 1. The standard InChI is InChI=1S/C38H35NO7S2/c40-24-27-13-15-29(16-14-27)36-35(28-7-3-1-4-8-28)34(25-47-32-21-19-30(20-22-32)37(41)42)45-38(46-36)31-17-11-26(12-18-31)23-39-48(43,44)33-9-5-2-6-10-33/h1-22,34-36,38-40H,23-25H2,(H,41,42)/t34-,35-,36+,38?/m1/s1. The van der Waals surface area contributed by atoms with Gasteiger partial charge in [0.15, 0.2) is 6.29 Å². The molecule has 1 unspecified atom stereocenters. The lowest BCUT2D eigenvalue weighted by molar-refractivity contribution is -0.255. The number of hydrogen-bond acceptors (Lipinski definition) is 7. The van der Waals surface area contributed by atoms with Gasteiger partial charge in [0.2, 0.25) is 10.0 Å². The van der Waals surface area contributed by atoms with Crippen molar-refractivity contribution in [3.63, 3.8) is 0 Å². The van der Waals surface area contributed by atoms with Crippen LogP contribution < -0.4 is 4.72 Å². The highest BCUT2D eigenvalue weighted by Gasteiger charge is 2.41. The van der Waals surface area contributed by atoms with Gasteiger partial charge < -0.3 is 19.7 Å². The number of ether oxygens (including phenoxy) is 2. The lowest BCUT2D eigenvalue weighted by Crippen LogP contribution is -2.38. The van der Waals surface area contributed by atoms with Gasteiger partial charge in [-0.3, -0.25) is 0 Å². The lowest BCUT2D eigenvalue weighted by Gasteiger charge is -2.43. The molecule has 8 nitrogen and oxygen atoms in total. The number of sulfonamides is 1. The average molecular weight is 682 g/mol. The number of aliphatic hydroxyl groups excluding tert-OH is 1. The Morgan fingerprint density at radius 1 is 0.708 bits per heavy atom. The number of nitrogens with one attached hydrogen (secondary N) is 1. The summed E-state index contributed by atoms with van der Waals surface area (Å²) in [7, 11) is -3.65. The van der Waals surface area contributed by atoms with Gasteiger partial charge in [-0.15, -0.1) is 11.8 Å². The molecule has 0 saturated carbocycles. The van der Waals surface area contributed by atoms with Crippen molar-refractivity contribution in [2.24, 2.45) is 0 Å². The third kappa shape index (κ3) is 8.04. The second-order valence-electron chi connectivity index (χ2n) is 11.4. The van der Waals surface area contributed by atoms with Crippen LogP contribution in [0.1, 0.15) is 56.5 Å². The second kappa shape index (κ2) is 15.3. The molecule has 0 amide bonds. The molecular weight excluding hydrogens is 647 g/mol. The predicted octanol–water partition coefficient (Wildman–Crippen LogP) is 7.09. The average Bonchev–Trinajstić information content (AvgIpc) is 3.14. The number of carbonyl (C=O) groups is 1. The zero-order valence-electron chi connectivity index (χ0n) is 25.9. The molecule has 4 atom stereocenters. The smallest absolute Gasteiger partial charge is 0.335 e. The number of carboxylic acids is 1. The summed E-state index contributed by atoms with van der Waals surface area (Å²) in [6.07, 6.45) is -1.42. The molecule has 6 rings (SSSR count). The van der Waals surface area contributed by atoms with Crippen molar-refractivity contribution < 1.29 is 32.9 Å². The Labute approximate surface area is 284 Å². The van der Waals surface area contributed by atoms with Gasteiger partial charge in [0.1, 0.15) is 0 Å². The summed E-state index contributed by atoms with van der Waals surface area (Å²) in [4.78, 5) is 12.5. The molecule has 0 aromatic heterocycles. The zero-order chi connectivity index (χ0) is 33.5. The molecule has 1 aliphatic rings. The molecular formula is C38H35NO7S2. The van der Waals surface area contributed by atoms with E-state index in [1.54, 1.807) is 66.4 Å². The van der Waals surface area contributed by atoms with Gasteiger partial charge in [-0.1, -0.05) is 97.1 Å². The molecule has 246 valence electrons. The molecule has 1 fully saturated rings. The Kier molecular flexibility index (Phi) is 10.7. The van der Waals surface area contributed by atoms with E-state index in [0.717, 1.165) is 32.7 Å². The molecule has 0 bridgehead atoms. The highest BCUT2D eigenvalue weighted by Crippen LogP contribution is 2.48. The minimum absolute atomic E-state index is 0.0621. The minimum Gasteiger partial charge on any atom is -0.478 e. The quantitative estimate of drug-likeness (QED) is 0.119. The molecule has 10 heteroatoms. The fraction of sp³-hybridized carbons (Fsp3) is 0.184. The number of carboxylic acid groups (broad SMARTS) is 1. The number of hydrogen-bond donors (Lipinski definition) is 3. The maximum absolute atomic E-state index is 12.7. The first-order valence-corrected chi connectivity index (χ1v) is 17.9. The zero-order valence-corrected chi connectivity index (χ0v) is 27.5. The highest BCUT2D eigenvalue weighted by atomic mass is 32.2. The Morgan fingerprint density at radius 3 is 1.94 bits per heavy atom. The van der Waals surface area contributed by atoms with Gasteiger partial charge in [0, 0.05) is 28.7 Å². The van der Waals surface area contributed by atoms with Crippen LogP contribution in [-0.4, -0.2) is 36.5 Å². The first kappa shape index (κ1) is 33.6. The summed E-state index contributed by atoms with van der Waals surface area (Å²) < 4.78 is 41.6. The first-order chi connectivity index (χ1) is 23.3. The van der Waals surface area contributed by atoms with Crippen LogP contribution in [0, 0.1) is 0 Å². The van der Waals surface area contributed by atoms with Crippen molar-refractivity contribution in [1.82, 2.24) is 4.72 Å². The summed E-state index contributed by atoms with van der Waals surface area (Å²) in [5.41, 5.74) is 4.60. The fourth-order valence-electron chi connectivity index (χ4n) is 5.68. The SMILES string of the molecule is O=C(O)c1ccc(SC[C@H]2OC(c3ccc(CNS(=O)(=O)c4ccccc4)cc3)O[C@@H](c3ccc(CO)cc3)[C@@H]2c2ccccc2)cc1. The summed E-state index contributed by atoms with van der Waals surface area (Å²) in [6.45, 7) is 0.0627. The molecule has 0 spiro atoms. The third-order valence-electron chi connectivity index (χ3n) is 8.26. The van der Waals surface area contributed by atoms with Crippen molar-refractivity contribution in [1.29, 1.82) is 0 Å². The molecule has 1 saturated heterocycles. The van der Waals surface area contributed by atoms with Crippen LogP contribution in [-0.2, 0) is 32.6 Å². The Bertz CT molecular complexity index is 1900. The van der Waals surface area contributed by atoms with Crippen molar-refractivity contribution >= 4 is 27.8 Å². The summed E-state index contributed by atoms with van der Waals surface area (Å²) in [6, 6.07) is 40.4. The Morgan fingerprint density at radius 2 is 1.31 bits per heavy atom. The minimum atomic E-state index is -3.65. The molecule has 5 aromatic rings. The summed E-state index contributed by atoms with van der Waals surface area (Å²) in [5.74, 6) is -0.586. The monoisotopic (exact) mass is 681 g/mol. The molecule has 0 aliphatic carbocycles. The van der Waals surface area contributed by atoms with E-state index in [0.29, 0.717) is 5.75 Å². The van der Waals surface area contributed by atoms with E-state index in [9.17, 15) is 23.4 Å². The topological polar surface area (TPSA) is 122 Å². The van der Waals surface area contributed by atoms with Gasteiger partial charge in [0.05, 0.1) is 29.3 Å². The largest absolute Gasteiger partial charge is 0.478 e. The summed E-state index contributed by atoms with van der Waals surface area (Å²) >= 11 is 1.58. The van der Waals surface area contributed by atoms with E-state index in [-0.39, 0.29) is 35.6 Å². The normalized spacial score (nSPS) is 19.5. The lowest BCUT2D eigenvalue weighted by atomic mass is 9.84. The van der Waals surface area contributed by atoms with Crippen molar-refractivity contribution in [2.45, 2.75) is 47.4 Å². The molecule has 48 heavy (non-hydrogen) atoms. The number of rotatable bonds is 12. The van der Waals surface area contributed by atoms with Crippen LogP contribution in [0.15, 0.2) is 143 Å². The van der Waals surface area contributed by atoms with Crippen molar-refractivity contribution in [3.8, 4) is 0 Å². The number of benzene rings is 5. The van der Waals surface area contributed by atoms with Crippen LogP contribution in [0.4, 0.5) is 0 Å². The van der Waals surface area contributed by atoms with Gasteiger partial charge in [-0.25, -0.2) is 17.9 Å². The Hall–Kier alpha value is -4.29. The molecule has 5 aromatic carbocycles. The fourth-order valence-corrected chi connectivity index (χ4v) is 7.69. The van der Waals surface area contributed by atoms with E-state index < -0.39 is 28.4 Å². The van der Waals surface area contributed by atoms with Crippen LogP contribution in [0.5, 0.6) is 0 Å². The molecule has 1 aliphatic heterocycles. The van der Waals surface area contributed by atoms with Crippen molar-refractivity contribution in [3.05, 3.63) is 167 Å². The van der Waals surface area contributed by atoms with Crippen molar-refractivity contribution in [2.75, 3.05) is 5.75 Å². The van der Waals surface area contributed by atoms with Crippen LogP contribution in [0.25, 0.3) is 0 Å². The summed E-state index contributed by atoms with van der Waals surface area (Å²) in [5, 5.41) is 19.0. The molecule has 1 heterocycles.